The lowest BCUT2D eigenvalue weighted by Gasteiger charge is -2.15. The lowest BCUT2D eigenvalue weighted by Crippen LogP contribution is -2.24. The number of hydrogen-bond acceptors (Lipinski definition) is 5. The molecule has 0 atom stereocenters. The van der Waals surface area contributed by atoms with E-state index in [2.05, 4.69) is 0 Å². The molecule has 0 unspecified atom stereocenters. The van der Waals surface area contributed by atoms with E-state index in [4.69, 9.17) is 20.3 Å². The number of hydrogen-bond donors (Lipinski definition) is 1. The summed E-state index contributed by atoms with van der Waals surface area (Å²) in [7, 11) is 3.25. The van der Waals surface area contributed by atoms with E-state index in [1.807, 2.05) is 71.5 Å². The Hall–Kier alpha value is -4.85. The van der Waals surface area contributed by atoms with Crippen LogP contribution in [0.4, 0.5) is 0 Å². The number of primary amides is 1. The van der Waals surface area contributed by atoms with Crippen LogP contribution in [-0.2, 0) is 16.1 Å². The number of likely N-dealkylation sites (N-methyl/N-ethyl adjacent to an activating group) is 1. The monoisotopic (exact) mass is 496 g/mol. The fraction of sp³-hybridized carbons (Fsp3) is 0.138. The van der Waals surface area contributed by atoms with E-state index in [1.165, 1.54) is 13.2 Å². The van der Waals surface area contributed by atoms with Gasteiger partial charge in [0.25, 0.3) is 5.91 Å². The summed E-state index contributed by atoms with van der Waals surface area (Å²) in [5, 5.41) is 4.82. The molecule has 0 bridgehead atoms. The van der Waals surface area contributed by atoms with Crippen molar-refractivity contribution in [3.8, 4) is 28.4 Å². The minimum atomic E-state index is -0.579. The summed E-state index contributed by atoms with van der Waals surface area (Å²) in [6.45, 7) is 0.129. The summed E-state index contributed by atoms with van der Waals surface area (Å²) in [5.41, 5.74) is 9.55. The van der Waals surface area contributed by atoms with Crippen molar-refractivity contribution in [2.45, 2.75) is 6.54 Å². The maximum Gasteiger partial charge on any atom is 0.255 e. The topological polar surface area (TPSA) is 99.7 Å². The predicted molar refractivity (Wildman–Crippen MR) is 142 cm³/mol. The molecule has 8 nitrogen and oxygen atoms in total. The van der Waals surface area contributed by atoms with Crippen molar-refractivity contribution in [3.63, 3.8) is 0 Å². The van der Waals surface area contributed by atoms with Gasteiger partial charge in [0.2, 0.25) is 5.91 Å². The second kappa shape index (κ2) is 11.7. The second-order valence-corrected chi connectivity index (χ2v) is 8.34. The molecule has 0 radical (unpaired) electrons. The van der Waals surface area contributed by atoms with Gasteiger partial charge < -0.3 is 20.1 Å². The highest BCUT2D eigenvalue weighted by Crippen LogP contribution is 2.29. The van der Waals surface area contributed by atoms with Gasteiger partial charge in [-0.1, -0.05) is 54.6 Å². The van der Waals surface area contributed by atoms with Crippen LogP contribution in [0.3, 0.4) is 0 Å². The molecular formula is C29H28N4O4. The van der Waals surface area contributed by atoms with Crippen molar-refractivity contribution < 1.29 is 19.1 Å². The zero-order valence-electron chi connectivity index (χ0n) is 20.7. The Labute approximate surface area is 215 Å². The van der Waals surface area contributed by atoms with Crippen molar-refractivity contribution in [1.82, 2.24) is 14.7 Å². The molecule has 8 heteroatoms. The second-order valence-electron chi connectivity index (χ2n) is 8.34. The average molecular weight is 497 g/mol. The Kier molecular flexibility index (Phi) is 8.00. The van der Waals surface area contributed by atoms with Gasteiger partial charge in [0, 0.05) is 37.0 Å². The molecule has 1 aromatic heterocycles. The highest BCUT2D eigenvalue weighted by molar-refractivity contribution is 5.91. The van der Waals surface area contributed by atoms with Gasteiger partial charge in [-0.15, -0.1) is 0 Å². The third-order valence-electron chi connectivity index (χ3n) is 5.62. The van der Waals surface area contributed by atoms with E-state index < -0.39 is 5.91 Å². The fourth-order valence-electron chi connectivity index (χ4n) is 3.76. The third kappa shape index (κ3) is 6.43. The largest absolute Gasteiger partial charge is 0.493 e. The molecule has 1 heterocycles. The maximum absolute atomic E-state index is 12.9. The van der Waals surface area contributed by atoms with Crippen molar-refractivity contribution in [2.75, 3.05) is 20.8 Å². The molecule has 0 spiro atoms. The first kappa shape index (κ1) is 25.2. The van der Waals surface area contributed by atoms with Crippen LogP contribution in [0.1, 0.15) is 11.1 Å². The van der Waals surface area contributed by atoms with E-state index in [-0.39, 0.29) is 12.5 Å². The number of para-hydroxylation sites is 1. The van der Waals surface area contributed by atoms with Gasteiger partial charge in [0.15, 0.2) is 18.1 Å². The van der Waals surface area contributed by atoms with E-state index in [0.29, 0.717) is 18.0 Å². The van der Waals surface area contributed by atoms with Crippen LogP contribution in [0, 0.1) is 0 Å². The molecule has 3 aromatic carbocycles. The minimum Gasteiger partial charge on any atom is -0.493 e. The van der Waals surface area contributed by atoms with Crippen molar-refractivity contribution in [2.24, 2.45) is 5.73 Å². The van der Waals surface area contributed by atoms with Crippen LogP contribution < -0.4 is 15.2 Å². The summed E-state index contributed by atoms with van der Waals surface area (Å²) >= 11 is 0. The van der Waals surface area contributed by atoms with Gasteiger partial charge in [0.05, 0.1) is 18.5 Å². The van der Waals surface area contributed by atoms with Crippen LogP contribution >= 0.6 is 0 Å². The Bertz CT molecular complexity index is 1400. The van der Waals surface area contributed by atoms with Gasteiger partial charge in [-0.2, -0.15) is 5.10 Å². The first-order valence-electron chi connectivity index (χ1n) is 11.7. The molecule has 4 rings (SSSR count). The van der Waals surface area contributed by atoms with Crippen LogP contribution in [-0.4, -0.2) is 47.3 Å². The van der Waals surface area contributed by atoms with Crippen LogP contribution in [0.15, 0.2) is 91.1 Å². The van der Waals surface area contributed by atoms with Crippen molar-refractivity contribution in [3.05, 3.63) is 102 Å². The molecule has 0 saturated carbocycles. The van der Waals surface area contributed by atoms with Crippen LogP contribution in [0.2, 0.25) is 0 Å². The number of nitrogens with zero attached hydrogens (tertiary/aromatic N) is 3. The van der Waals surface area contributed by atoms with Gasteiger partial charge >= 0.3 is 0 Å². The number of carbonyl (C=O) groups is 2. The highest BCUT2D eigenvalue weighted by atomic mass is 16.5. The molecule has 4 aromatic rings. The molecule has 0 aliphatic rings. The van der Waals surface area contributed by atoms with Crippen LogP contribution in [0.25, 0.3) is 23.0 Å². The lowest BCUT2D eigenvalue weighted by molar-refractivity contribution is -0.125. The van der Waals surface area contributed by atoms with Crippen LogP contribution in [0.5, 0.6) is 11.5 Å². The molecule has 0 aliphatic carbocycles. The normalized spacial score (nSPS) is 10.9. The zero-order chi connectivity index (χ0) is 26.2. The number of nitrogens with two attached hydrogens (primary N) is 1. The first-order valence-corrected chi connectivity index (χ1v) is 11.7. The molecule has 0 fully saturated rings. The Morgan fingerprint density at radius 1 is 1.00 bits per heavy atom. The number of rotatable bonds is 10. The number of ether oxygens (including phenoxy) is 2. The van der Waals surface area contributed by atoms with E-state index >= 15 is 0 Å². The number of methoxy groups -OCH3 is 1. The molecule has 2 N–H and O–H groups in total. The standard InChI is InChI=1S/C29H28N4O4/c1-32(28(35)16-14-21-13-15-25(26(17-21)36-2)37-20-27(30)34)18-23-19-33(24-11-7-4-8-12-24)31-29(23)22-9-5-3-6-10-22/h3-17,19H,18,20H2,1-2H3,(H2,30,34)/b16-14+. The Balaban J connectivity index is 1.51. The summed E-state index contributed by atoms with van der Waals surface area (Å²) in [6.07, 6.45) is 5.16. The summed E-state index contributed by atoms with van der Waals surface area (Å²) < 4.78 is 12.5. The van der Waals surface area contributed by atoms with E-state index in [1.54, 1.807) is 36.2 Å². The SMILES string of the molecule is COc1cc(/C=C/C(=O)N(C)Cc2cn(-c3ccccc3)nc2-c2ccccc2)ccc1OCC(N)=O. The van der Waals surface area contributed by atoms with Gasteiger partial charge in [-0.25, -0.2) is 4.68 Å². The number of benzene rings is 3. The first-order chi connectivity index (χ1) is 17.9. The minimum absolute atomic E-state index is 0.167. The molecular weight excluding hydrogens is 468 g/mol. The average Bonchev–Trinajstić information content (AvgIpc) is 3.35. The molecule has 0 aliphatic heterocycles. The third-order valence-corrected chi connectivity index (χ3v) is 5.62. The number of amides is 2. The molecule has 37 heavy (non-hydrogen) atoms. The van der Waals surface area contributed by atoms with Gasteiger partial charge in [0.1, 0.15) is 0 Å². The molecule has 2 amide bonds. The van der Waals surface area contributed by atoms with Crippen molar-refractivity contribution in [1.29, 1.82) is 0 Å². The quantitative estimate of drug-likeness (QED) is 0.334. The number of aromatic nitrogens is 2. The summed E-state index contributed by atoms with van der Waals surface area (Å²) in [6, 6.07) is 24.9. The number of carbonyl (C=O) groups excluding carboxylic acids is 2. The van der Waals surface area contributed by atoms with Gasteiger partial charge in [-0.3, -0.25) is 9.59 Å². The Morgan fingerprint density at radius 2 is 1.70 bits per heavy atom. The van der Waals surface area contributed by atoms with Gasteiger partial charge in [-0.05, 0) is 35.9 Å². The smallest absolute Gasteiger partial charge is 0.255 e. The Morgan fingerprint density at radius 3 is 2.38 bits per heavy atom. The van der Waals surface area contributed by atoms with Crippen molar-refractivity contribution >= 4 is 17.9 Å². The predicted octanol–water partition coefficient (Wildman–Crippen LogP) is 4.08. The maximum atomic E-state index is 12.9. The summed E-state index contributed by atoms with van der Waals surface area (Å²) in [4.78, 5) is 25.6. The van der Waals surface area contributed by atoms with E-state index in [0.717, 1.165) is 28.1 Å². The molecule has 188 valence electrons. The summed E-state index contributed by atoms with van der Waals surface area (Å²) in [5.74, 6) is 0.0830. The van der Waals surface area contributed by atoms with E-state index in [9.17, 15) is 9.59 Å². The highest BCUT2D eigenvalue weighted by Gasteiger charge is 2.16. The lowest BCUT2D eigenvalue weighted by atomic mass is 10.1. The molecule has 0 saturated heterocycles. The fourth-order valence-corrected chi connectivity index (χ4v) is 3.76. The zero-order valence-corrected chi connectivity index (χ0v) is 20.7.